The number of nitrogens with zero attached hydrogens (tertiary/aromatic N) is 2. The average Bonchev–Trinajstić information content (AvgIpc) is 2.92. The lowest BCUT2D eigenvalue weighted by Crippen LogP contribution is -2.11. The quantitative estimate of drug-likeness (QED) is 0.809. The molecule has 2 aliphatic carbocycles. The zero-order valence-electron chi connectivity index (χ0n) is 8.15. The van der Waals surface area contributed by atoms with E-state index in [0.717, 1.165) is 11.8 Å². The summed E-state index contributed by atoms with van der Waals surface area (Å²) in [5, 5.41) is 4.28. The predicted octanol–water partition coefficient (Wildman–Crippen LogP) is 1.90. The van der Waals surface area contributed by atoms with Crippen molar-refractivity contribution in [2.24, 2.45) is 17.6 Å². The molecule has 2 N–H and O–H groups in total. The Balaban J connectivity index is 1.89. The van der Waals surface area contributed by atoms with Crippen LogP contribution in [0.5, 0.6) is 0 Å². The summed E-state index contributed by atoms with van der Waals surface area (Å²) in [5.74, 6) is 2.54. The van der Waals surface area contributed by atoms with E-state index < -0.39 is 0 Å². The van der Waals surface area contributed by atoms with Gasteiger partial charge in [0.15, 0.2) is 0 Å². The first kappa shape index (κ1) is 8.80. The molecule has 14 heavy (non-hydrogen) atoms. The Kier molecular flexibility index (Phi) is 2.06. The minimum Gasteiger partial charge on any atom is -0.326 e. The van der Waals surface area contributed by atoms with E-state index in [0.29, 0.717) is 12.5 Å². The molecule has 0 spiro atoms. The van der Waals surface area contributed by atoms with E-state index in [9.17, 15) is 0 Å². The first-order chi connectivity index (χ1) is 6.88. The predicted molar refractivity (Wildman–Crippen MR) is 56.0 cm³/mol. The highest BCUT2D eigenvalue weighted by atomic mass is 32.1. The number of aromatic nitrogens is 2. The Morgan fingerprint density at radius 1 is 1.36 bits per heavy atom. The zero-order chi connectivity index (χ0) is 9.54. The molecule has 4 heteroatoms. The van der Waals surface area contributed by atoms with Gasteiger partial charge in [-0.15, -0.1) is 5.10 Å². The Hall–Kier alpha value is -0.480. The molecule has 3 rings (SSSR count). The summed E-state index contributed by atoms with van der Waals surface area (Å²) in [6.07, 6.45) is 5.60. The molecule has 0 saturated heterocycles. The fraction of sp³-hybridized carbons (Fsp3) is 0.800. The van der Waals surface area contributed by atoms with Crippen LogP contribution in [0.4, 0.5) is 0 Å². The lowest BCUT2D eigenvalue weighted by molar-refractivity contribution is 0.411. The lowest BCUT2D eigenvalue weighted by atomic mass is 9.86. The van der Waals surface area contributed by atoms with Crippen molar-refractivity contribution in [3.05, 3.63) is 10.6 Å². The molecule has 1 aromatic rings. The highest BCUT2D eigenvalue weighted by Crippen LogP contribution is 2.53. The number of hydrogen-bond donors (Lipinski definition) is 1. The van der Waals surface area contributed by atoms with Gasteiger partial charge < -0.3 is 5.73 Å². The molecule has 0 aliphatic heterocycles. The molecule has 2 fully saturated rings. The number of hydrogen-bond acceptors (Lipinski definition) is 4. The van der Waals surface area contributed by atoms with Crippen molar-refractivity contribution in [2.45, 2.75) is 38.1 Å². The summed E-state index contributed by atoms with van der Waals surface area (Å²) >= 11 is 1.48. The van der Waals surface area contributed by atoms with Gasteiger partial charge in [0.05, 0.1) is 10.6 Å². The third kappa shape index (κ3) is 1.21. The van der Waals surface area contributed by atoms with Crippen molar-refractivity contribution in [3.8, 4) is 0 Å². The molecule has 3 unspecified atom stereocenters. The lowest BCUT2D eigenvalue weighted by Gasteiger charge is -2.19. The van der Waals surface area contributed by atoms with Gasteiger partial charge in [0.25, 0.3) is 0 Å². The molecule has 2 bridgehead atoms. The van der Waals surface area contributed by atoms with Crippen molar-refractivity contribution < 1.29 is 0 Å². The van der Waals surface area contributed by atoms with Gasteiger partial charge in [-0.05, 0) is 42.6 Å². The molecule has 0 aromatic carbocycles. The van der Waals surface area contributed by atoms with Gasteiger partial charge in [-0.25, -0.2) is 0 Å². The van der Waals surface area contributed by atoms with Gasteiger partial charge in [-0.1, -0.05) is 10.9 Å². The van der Waals surface area contributed by atoms with Crippen LogP contribution in [0.15, 0.2) is 0 Å². The van der Waals surface area contributed by atoms with Gasteiger partial charge in [0.1, 0.15) is 0 Å². The largest absolute Gasteiger partial charge is 0.326 e. The van der Waals surface area contributed by atoms with Crippen LogP contribution < -0.4 is 5.73 Å². The molecule has 3 nitrogen and oxygen atoms in total. The highest BCUT2D eigenvalue weighted by Gasteiger charge is 2.42. The number of rotatable bonds is 2. The molecular weight excluding hydrogens is 194 g/mol. The maximum absolute atomic E-state index is 5.69. The summed E-state index contributed by atoms with van der Waals surface area (Å²) < 4.78 is 4.03. The maximum atomic E-state index is 5.69. The molecule has 2 saturated carbocycles. The van der Waals surface area contributed by atoms with Gasteiger partial charge in [0.2, 0.25) is 0 Å². The minimum atomic E-state index is 0.612. The van der Waals surface area contributed by atoms with E-state index in [1.807, 2.05) is 0 Å². The van der Waals surface area contributed by atoms with Crippen LogP contribution in [-0.4, -0.2) is 9.59 Å². The Labute approximate surface area is 87.9 Å². The van der Waals surface area contributed by atoms with E-state index in [1.54, 1.807) is 0 Å². The molecule has 76 valence electrons. The van der Waals surface area contributed by atoms with Gasteiger partial charge >= 0.3 is 0 Å². The van der Waals surface area contributed by atoms with Crippen LogP contribution in [0.2, 0.25) is 0 Å². The van der Waals surface area contributed by atoms with Crippen molar-refractivity contribution in [1.82, 2.24) is 9.59 Å². The maximum Gasteiger partial charge on any atom is 0.0834 e. The Morgan fingerprint density at radius 3 is 2.93 bits per heavy atom. The fourth-order valence-corrected chi connectivity index (χ4v) is 3.81. The summed E-state index contributed by atoms with van der Waals surface area (Å²) in [5.41, 5.74) is 6.92. The molecule has 0 amide bonds. The summed E-state index contributed by atoms with van der Waals surface area (Å²) in [7, 11) is 0. The third-order valence-electron chi connectivity index (χ3n) is 3.86. The third-order valence-corrected chi connectivity index (χ3v) is 4.62. The fourth-order valence-electron chi connectivity index (χ4n) is 3.22. The first-order valence-electron chi connectivity index (χ1n) is 5.39. The SMILES string of the molecule is NCc1snnc1C1CC2CCC1C2. The van der Waals surface area contributed by atoms with Crippen molar-refractivity contribution in [2.75, 3.05) is 0 Å². The van der Waals surface area contributed by atoms with Crippen molar-refractivity contribution >= 4 is 11.5 Å². The summed E-state index contributed by atoms with van der Waals surface area (Å²) in [6.45, 7) is 0.612. The normalized spacial score (nSPS) is 35.4. The molecule has 1 aromatic heterocycles. The van der Waals surface area contributed by atoms with Gasteiger partial charge in [-0.2, -0.15) is 0 Å². The molecule has 2 aliphatic rings. The second-order valence-corrected chi connectivity index (χ2v) is 5.41. The molecule has 0 radical (unpaired) electrons. The number of fused-ring (bicyclic) bond motifs is 2. The van der Waals surface area contributed by atoms with Crippen molar-refractivity contribution in [3.63, 3.8) is 0 Å². The summed E-state index contributed by atoms with van der Waals surface area (Å²) in [4.78, 5) is 1.21. The Bertz CT molecular complexity index is 336. The smallest absolute Gasteiger partial charge is 0.0834 e. The monoisotopic (exact) mass is 209 g/mol. The van der Waals surface area contributed by atoms with Crippen LogP contribution >= 0.6 is 11.5 Å². The topological polar surface area (TPSA) is 51.8 Å². The molecular formula is C10H15N3S. The second-order valence-electron chi connectivity index (χ2n) is 4.57. The Morgan fingerprint density at radius 2 is 2.29 bits per heavy atom. The van der Waals surface area contributed by atoms with E-state index >= 15 is 0 Å². The highest BCUT2D eigenvalue weighted by molar-refractivity contribution is 7.05. The standard InChI is InChI=1S/C10H15N3S/c11-5-9-10(12-13-14-9)8-4-6-1-2-7(8)3-6/h6-8H,1-5,11H2. The zero-order valence-corrected chi connectivity index (χ0v) is 8.96. The van der Waals surface area contributed by atoms with Crippen molar-refractivity contribution in [1.29, 1.82) is 0 Å². The first-order valence-corrected chi connectivity index (χ1v) is 6.17. The van der Waals surface area contributed by atoms with Crippen LogP contribution in [0.3, 0.4) is 0 Å². The average molecular weight is 209 g/mol. The van der Waals surface area contributed by atoms with Gasteiger partial charge in [0, 0.05) is 12.5 Å². The van der Waals surface area contributed by atoms with E-state index in [-0.39, 0.29) is 0 Å². The van der Waals surface area contributed by atoms with E-state index in [4.69, 9.17) is 5.73 Å². The molecule has 3 atom stereocenters. The molecule has 1 heterocycles. The van der Waals surface area contributed by atoms with Crippen LogP contribution in [0.1, 0.15) is 42.2 Å². The van der Waals surface area contributed by atoms with Crippen LogP contribution in [-0.2, 0) is 6.54 Å². The minimum absolute atomic E-state index is 0.612. The van der Waals surface area contributed by atoms with Crippen LogP contribution in [0, 0.1) is 11.8 Å². The van der Waals surface area contributed by atoms with E-state index in [1.165, 1.54) is 47.8 Å². The summed E-state index contributed by atoms with van der Waals surface area (Å²) in [6, 6.07) is 0. The van der Waals surface area contributed by atoms with Gasteiger partial charge in [-0.3, -0.25) is 0 Å². The van der Waals surface area contributed by atoms with E-state index in [2.05, 4.69) is 9.59 Å². The number of nitrogens with two attached hydrogens (primary N) is 1. The van der Waals surface area contributed by atoms with Crippen LogP contribution in [0.25, 0.3) is 0 Å². The second kappa shape index (κ2) is 3.28.